The predicted molar refractivity (Wildman–Crippen MR) is 107 cm³/mol. The monoisotopic (exact) mass is 343 g/mol. The molecular formula is C23H25N3. The second kappa shape index (κ2) is 7.71. The van der Waals surface area contributed by atoms with E-state index < -0.39 is 0 Å². The number of aromatic nitrogens is 2. The smallest absolute Gasteiger partial charge is 0.0649 e. The van der Waals surface area contributed by atoms with Crippen LogP contribution in [-0.4, -0.2) is 22.9 Å². The van der Waals surface area contributed by atoms with Gasteiger partial charge in [0.1, 0.15) is 0 Å². The molecule has 3 aromatic rings. The lowest BCUT2D eigenvalue weighted by Gasteiger charge is -2.20. The van der Waals surface area contributed by atoms with Crippen LogP contribution in [0.1, 0.15) is 29.7 Å². The van der Waals surface area contributed by atoms with Crippen LogP contribution in [0, 0.1) is 0 Å². The van der Waals surface area contributed by atoms with Gasteiger partial charge in [0.2, 0.25) is 0 Å². The van der Waals surface area contributed by atoms with E-state index in [1.54, 1.807) is 0 Å². The van der Waals surface area contributed by atoms with Gasteiger partial charge >= 0.3 is 0 Å². The van der Waals surface area contributed by atoms with Crippen LogP contribution >= 0.6 is 0 Å². The zero-order valence-electron chi connectivity index (χ0n) is 15.2. The van der Waals surface area contributed by atoms with Crippen molar-refractivity contribution in [2.45, 2.75) is 31.7 Å². The van der Waals surface area contributed by atoms with Crippen molar-refractivity contribution in [2.24, 2.45) is 0 Å². The van der Waals surface area contributed by atoms with Gasteiger partial charge in [-0.2, -0.15) is 5.10 Å². The summed E-state index contributed by atoms with van der Waals surface area (Å²) in [6.45, 7) is 0. The highest BCUT2D eigenvalue weighted by Gasteiger charge is 2.21. The van der Waals surface area contributed by atoms with Crippen molar-refractivity contribution in [3.05, 3.63) is 89.8 Å². The Hall–Kier alpha value is -2.65. The molecular weight excluding hydrogens is 318 g/mol. The van der Waals surface area contributed by atoms with Crippen molar-refractivity contribution < 1.29 is 0 Å². The topological polar surface area (TPSA) is 29.9 Å². The Labute approximate surface area is 155 Å². The molecule has 0 radical (unpaired) electrons. The number of nitrogens with one attached hydrogen (secondary N) is 1. The number of likely N-dealkylation sites (N-methyl/N-ethyl adjacent to an activating group) is 1. The molecule has 1 aliphatic rings. The second-order valence-electron chi connectivity index (χ2n) is 6.88. The Bertz CT molecular complexity index is 878. The van der Waals surface area contributed by atoms with Crippen molar-refractivity contribution in [3.63, 3.8) is 0 Å². The minimum Gasteiger partial charge on any atom is -0.313 e. The van der Waals surface area contributed by atoms with Crippen molar-refractivity contribution in [3.8, 4) is 5.69 Å². The Kier molecular flexibility index (Phi) is 4.98. The van der Waals surface area contributed by atoms with Gasteiger partial charge in [0.15, 0.2) is 0 Å². The third-order valence-corrected chi connectivity index (χ3v) is 5.15. The van der Waals surface area contributed by atoms with E-state index in [9.17, 15) is 0 Å². The maximum Gasteiger partial charge on any atom is 0.0649 e. The van der Waals surface area contributed by atoms with Gasteiger partial charge in [0, 0.05) is 11.6 Å². The molecule has 0 spiro atoms. The largest absolute Gasteiger partial charge is 0.313 e. The highest BCUT2D eigenvalue weighted by Crippen LogP contribution is 2.32. The number of nitrogens with zero attached hydrogens (tertiary/aromatic N) is 2. The van der Waals surface area contributed by atoms with Crippen LogP contribution in [0.2, 0.25) is 0 Å². The quantitative estimate of drug-likeness (QED) is 0.743. The molecule has 1 N–H and O–H groups in total. The maximum absolute atomic E-state index is 4.69. The van der Waals surface area contributed by atoms with Crippen LogP contribution < -0.4 is 5.32 Å². The Morgan fingerprint density at radius 2 is 1.77 bits per heavy atom. The summed E-state index contributed by atoms with van der Waals surface area (Å²) in [4.78, 5) is 0. The minimum absolute atomic E-state index is 0.332. The molecule has 1 unspecified atom stereocenters. The Balaban J connectivity index is 1.63. The fourth-order valence-electron chi connectivity index (χ4n) is 3.78. The molecule has 3 heteroatoms. The van der Waals surface area contributed by atoms with Crippen LogP contribution in [0.3, 0.4) is 0 Å². The lowest BCUT2D eigenvalue weighted by Crippen LogP contribution is -2.26. The fraction of sp³-hybridized carbons (Fsp3) is 0.261. The summed E-state index contributed by atoms with van der Waals surface area (Å²) < 4.78 is 2.11. The number of fused-ring (bicyclic) bond motifs is 1. The van der Waals surface area contributed by atoms with Crippen LogP contribution in [0.4, 0.5) is 0 Å². The lowest BCUT2D eigenvalue weighted by molar-refractivity contribution is 0.660. The van der Waals surface area contributed by atoms with Crippen LogP contribution in [0.5, 0.6) is 0 Å². The van der Waals surface area contributed by atoms with Gasteiger partial charge in [-0.1, -0.05) is 54.6 Å². The van der Waals surface area contributed by atoms with Gasteiger partial charge < -0.3 is 5.32 Å². The van der Waals surface area contributed by atoms with Gasteiger partial charge in [-0.3, -0.25) is 0 Å². The highest BCUT2D eigenvalue weighted by atomic mass is 15.3. The second-order valence-corrected chi connectivity index (χ2v) is 6.88. The molecule has 0 bridgehead atoms. The maximum atomic E-state index is 4.69. The summed E-state index contributed by atoms with van der Waals surface area (Å²) in [5.74, 6) is 0. The zero-order valence-corrected chi connectivity index (χ0v) is 15.2. The molecule has 1 atom stereocenters. The van der Waals surface area contributed by atoms with Crippen LogP contribution in [0.15, 0.2) is 72.9 Å². The van der Waals surface area contributed by atoms with Gasteiger partial charge in [-0.25, -0.2) is 4.68 Å². The van der Waals surface area contributed by atoms with Crippen molar-refractivity contribution in [2.75, 3.05) is 7.05 Å². The first kappa shape index (κ1) is 16.8. The summed E-state index contributed by atoms with van der Waals surface area (Å²) >= 11 is 0. The van der Waals surface area contributed by atoms with Crippen LogP contribution in [-0.2, 0) is 12.8 Å². The molecule has 132 valence electrons. The Morgan fingerprint density at radius 1 is 1.04 bits per heavy atom. The summed E-state index contributed by atoms with van der Waals surface area (Å²) in [6, 6.07) is 21.4. The summed E-state index contributed by atoms with van der Waals surface area (Å²) in [7, 11) is 2.04. The number of allylic oxidation sites excluding steroid dienone is 1. The Morgan fingerprint density at radius 3 is 2.50 bits per heavy atom. The number of benzene rings is 2. The molecule has 1 aliphatic carbocycles. The van der Waals surface area contributed by atoms with Gasteiger partial charge in [-0.05, 0) is 56.0 Å². The fourth-order valence-corrected chi connectivity index (χ4v) is 3.78. The third-order valence-electron chi connectivity index (χ3n) is 5.15. The molecule has 2 aromatic carbocycles. The standard InChI is InChI=1S/C23H25N3/c1-24-20(15-18-9-4-2-5-10-18)16-19-11-8-14-23-22(19)17-25-26(23)21-12-6-3-7-13-21/h2-7,9-10,12-13,16-17,20,24H,8,11,14-15H2,1H3. The minimum atomic E-state index is 0.332. The number of para-hydroxylation sites is 1. The van der Waals surface area contributed by atoms with E-state index in [0.717, 1.165) is 24.9 Å². The van der Waals surface area contributed by atoms with Crippen molar-refractivity contribution >= 4 is 5.57 Å². The van der Waals surface area contributed by atoms with E-state index in [4.69, 9.17) is 5.10 Å². The number of hydrogen-bond donors (Lipinski definition) is 1. The molecule has 0 saturated carbocycles. The average molecular weight is 343 g/mol. The molecule has 1 aromatic heterocycles. The van der Waals surface area contributed by atoms with Gasteiger partial charge in [0.25, 0.3) is 0 Å². The number of hydrogen-bond acceptors (Lipinski definition) is 2. The van der Waals surface area contributed by atoms with E-state index in [1.165, 1.54) is 28.8 Å². The highest BCUT2D eigenvalue weighted by molar-refractivity contribution is 5.69. The van der Waals surface area contributed by atoms with Crippen molar-refractivity contribution in [1.29, 1.82) is 0 Å². The summed E-state index contributed by atoms with van der Waals surface area (Å²) in [6.07, 6.45) is 8.84. The van der Waals surface area contributed by atoms with Gasteiger partial charge in [-0.15, -0.1) is 0 Å². The molecule has 1 heterocycles. The third kappa shape index (κ3) is 3.49. The SMILES string of the molecule is CNC(C=C1CCCc2c1cnn2-c1ccccc1)Cc1ccccc1. The first-order valence-corrected chi connectivity index (χ1v) is 9.40. The average Bonchev–Trinajstić information content (AvgIpc) is 3.14. The number of rotatable bonds is 5. The van der Waals surface area contributed by atoms with Gasteiger partial charge in [0.05, 0.1) is 17.6 Å². The first-order valence-electron chi connectivity index (χ1n) is 9.40. The summed E-state index contributed by atoms with van der Waals surface area (Å²) in [5, 5.41) is 8.15. The molecule has 0 saturated heterocycles. The van der Waals surface area contributed by atoms with E-state index in [0.29, 0.717) is 6.04 Å². The van der Waals surface area contributed by atoms with E-state index in [2.05, 4.69) is 70.7 Å². The van der Waals surface area contributed by atoms with Crippen LogP contribution in [0.25, 0.3) is 11.3 Å². The van der Waals surface area contributed by atoms with Crippen molar-refractivity contribution in [1.82, 2.24) is 15.1 Å². The first-order chi connectivity index (χ1) is 12.8. The zero-order chi connectivity index (χ0) is 17.8. The molecule has 3 nitrogen and oxygen atoms in total. The van der Waals surface area contributed by atoms with E-state index in [-0.39, 0.29) is 0 Å². The summed E-state index contributed by atoms with van der Waals surface area (Å²) in [5.41, 5.74) is 6.57. The molecule has 0 aliphatic heterocycles. The molecule has 0 amide bonds. The molecule has 4 rings (SSSR count). The van der Waals surface area contributed by atoms with E-state index in [1.807, 2.05) is 19.3 Å². The molecule has 26 heavy (non-hydrogen) atoms. The predicted octanol–water partition coefficient (Wildman–Crippen LogP) is 4.42. The normalized spacial score (nSPS) is 16.4. The van der Waals surface area contributed by atoms with E-state index >= 15 is 0 Å². The molecule has 0 fully saturated rings. The lowest BCUT2D eigenvalue weighted by atomic mass is 9.90.